The first kappa shape index (κ1) is 21.0. The number of nitrogens with one attached hydrogen (secondary N) is 2. The normalized spacial score (nSPS) is 18.5. The van der Waals surface area contributed by atoms with Crippen LogP contribution in [0.3, 0.4) is 0 Å². The van der Waals surface area contributed by atoms with E-state index < -0.39 is 0 Å². The van der Waals surface area contributed by atoms with Crippen LogP contribution in [0, 0.1) is 11.7 Å². The zero-order valence-electron chi connectivity index (χ0n) is 17.9. The van der Waals surface area contributed by atoms with Crippen molar-refractivity contribution in [2.24, 2.45) is 5.92 Å². The minimum absolute atomic E-state index is 0.00134. The molecule has 2 N–H and O–H groups in total. The lowest BCUT2D eigenvalue weighted by molar-refractivity contribution is -0.126. The molecule has 31 heavy (non-hydrogen) atoms. The molecule has 0 spiro atoms. The number of amides is 1. The number of nitrogens with zero attached hydrogens (tertiary/aromatic N) is 3. The van der Waals surface area contributed by atoms with Crippen molar-refractivity contribution in [3.63, 3.8) is 0 Å². The molecule has 162 valence electrons. The third-order valence-corrected chi connectivity index (χ3v) is 5.85. The van der Waals surface area contributed by atoms with Gasteiger partial charge in [-0.1, -0.05) is 30.3 Å². The quantitative estimate of drug-likeness (QED) is 0.627. The van der Waals surface area contributed by atoms with Gasteiger partial charge in [0.05, 0.1) is 5.52 Å². The first-order valence-corrected chi connectivity index (χ1v) is 10.7. The van der Waals surface area contributed by atoms with Gasteiger partial charge in [-0.15, -0.1) is 0 Å². The number of rotatable bonds is 6. The van der Waals surface area contributed by atoms with E-state index in [1.165, 1.54) is 6.07 Å². The number of anilines is 2. The number of benzene rings is 2. The zero-order valence-corrected chi connectivity index (χ0v) is 17.9. The number of aromatic nitrogens is 2. The molecule has 1 heterocycles. The van der Waals surface area contributed by atoms with Gasteiger partial charge in [0.15, 0.2) is 0 Å². The van der Waals surface area contributed by atoms with Crippen molar-refractivity contribution in [2.45, 2.75) is 38.3 Å². The molecule has 1 saturated carbocycles. The molecule has 0 atom stereocenters. The van der Waals surface area contributed by atoms with Gasteiger partial charge in [0.25, 0.3) is 0 Å². The monoisotopic (exact) mass is 421 g/mol. The maximum atomic E-state index is 13.7. The van der Waals surface area contributed by atoms with E-state index in [1.807, 2.05) is 43.3 Å². The molecule has 0 bridgehead atoms. The van der Waals surface area contributed by atoms with E-state index in [9.17, 15) is 9.18 Å². The molecule has 1 aromatic heterocycles. The predicted octanol–water partition coefficient (Wildman–Crippen LogP) is 4.12. The molecule has 2 aromatic carbocycles. The molecule has 6 nitrogen and oxygen atoms in total. The fraction of sp³-hybridized carbons (Fsp3) is 0.375. The number of halogens is 1. The molecule has 4 rings (SSSR count). The van der Waals surface area contributed by atoms with Gasteiger partial charge in [-0.2, -0.15) is 4.98 Å². The summed E-state index contributed by atoms with van der Waals surface area (Å²) in [6.45, 7) is 0.224. The molecule has 0 radical (unpaired) electrons. The second-order valence-corrected chi connectivity index (χ2v) is 8.28. The van der Waals surface area contributed by atoms with Crippen molar-refractivity contribution >= 4 is 28.6 Å². The van der Waals surface area contributed by atoms with Gasteiger partial charge in [0.2, 0.25) is 11.9 Å². The fourth-order valence-electron chi connectivity index (χ4n) is 4.12. The Labute approximate surface area is 181 Å². The number of para-hydroxylation sites is 1. The van der Waals surface area contributed by atoms with E-state index in [0.717, 1.165) is 42.4 Å². The van der Waals surface area contributed by atoms with Crippen molar-refractivity contribution in [1.29, 1.82) is 0 Å². The third-order valence-electron chi connectivity index (χ3n) is 5.85. The Hall–Kier alpha value is -3.22. The van der Waals surface area contributed by atoms with Crippen molar-refractivity contribution in [3.8, 4) is 0 Å². The summed E-state index contributed by atoms with van der Waals surface area (Å²) in [6.07, 6.45) is 3.31. The van der Waals surface area contributed by atoms with Crippen LogP contribution in [0.4, 0.5) is 16.2 Å². The lowest BCUT2D eigenvalue weighted by Crippen LogP contribution is -2.36. The molecule has 0 aliphatic heterocycles. The summed E-state index contributed by atoms with van der Waals surface area (Å²) in [6, 6.07) is 14.7. The van der Waals surface area contributed by atoms with Gasteiger partial charge in [-0.05, 0) is 43.9 Å². The van der Waals surface area contributed by atoms with Crippen LogP contribution in [-0.2, 0) is 11.3 Å². The Morgan fingerprint density at radius 3 is 2.48 bits per heavy atom. The van der Waals surface area contributed by atoms with Crippen LogP contribution in [0.1, 0.15) is 31.2 Å². The van der Waals surface area contributed by atoms with Gasteiger partial charge in [0.1, 0.15) is 11.6 Å². The summed E-state index contributed by atoms with van der Waals surface area (Å²) >= 11 is 0. The van der Waals surface area contributed by atoms with Gasteiger partial charge in [-0.3, -0.25) is 4.79 Å². The van der Waals surface area contributed by atoms with E-state index in [-0.39, 0.29) is 30.2 Å². The van der Waals surface area contributed by atoms with Crippen molar-refractivity contribution in [1.82, 2.24) is 15.3 Å². The second kappa shape index (κ2) is 9.29. The number of fused-ring (bicyclic) bond motifs is 1. The summed E-state index contributed by atoms with van der Waals surface area (Å²) in [4.78, 5) is 23.9. The highest BCUT2D eigenvalue weighted by Crippen LogP contribution is 2.28. The van der Waals surface area contributed by atoms with E-state index in [2.05, 4.69) is 15.6 Å². The van der Waals surface area contributed by atoms with Crippen molar-refractivity contribution in [3.05, 3.63) is 59.9 Å². The standard InChI is InChI=1S/C24H28FN5O/c1-30(2)22-19-8-4-6-10-21(19)28-24(29-22)27-18-13-11-16(12-14-18)23(31)26-15-17-7-3-5-9-20(17)25/h3-10,16,18H,11-15H2,1-2H3,(H,26,31)(H,27,28,29). The molecule has 1 amide bonds. The van der Waals surface area contributed by atoms with Crippen LogP contribution in [0.15, 0.2) is 48.5 Å². The Balaban J connectivity index is 1.34. The highest BCUT2D eigenvalue weighted by atomic mass is 19.1. The van der Waals surface area contributed by atoms with Crippen LogP contribution in [0.5, 0.6) is 0 Å². The third kappa shape index (κ3) is 4.93. The number of carbonyl (C=O) groups is 1. The average molecular weight is 422 g/mol. The first-order valence-electron chi connectivity index (χ1n) is 10.7. The summed E-state index contributed by atoms with van der Waals surface area (Å²) in [5, 5.41) is 7.37. The zero-order chi connectivity index (χ0) is 21.8. The van der Waals surface area contributed by atoms with Crippen LogP contribution in [0.25, 0.3) is 10.9 Å². The van der Waals surface area contributed by atoms with Gasteiger partial charge in [-0.25, -0.2) is 9.37 Å². The highest BCUT2D eigenvalue weighted by molar-refractivity contribution is 5.90. The molecule has 1 aliphatic rings. The molecular weight excluding hydrogens is 393 g/mol. The summed E-state index contributed by atoms with van der Waals surface area (Å²) in [7, 11) is 3.95. The van der Waals surface area contributed by atoms with Crippen LogP contribution in [-0.4, -0.2) is 36.0 Å². The average Bonchev–Trinajstić information content (AvgIpc) is 2.78. The number of carbonyl (C=O) groups excluding carboxylic acids is 1. The predicted molar refractivity (Wildman–Crippen MR) is 121 cm³/mol. The first-order chi connectivity index (χ1) is 15.0. The SMILES string of the molecule is CN(C)c1nc(NC2CCC(C(=O)NCc3ccccc3F)CC2)nc2ccccc12. The smallest absolute Gasteiger partial charge is 0.225 e. The minimum Gasteiger partial charge on any atom is -0.362 e. The maximum Gasteiger partial charge on any atom is 0.225 e. The highest BCUT2D eigenvalue weighted by Gasteiger charge is 2.27. The molecule has 7 heteroatoms. The molecule has 1 fully saturated rings. The van der Waals surface area contributed by atoms with E-state index in [4.69, 9.17) is 4.98 Å². The van der Waals surface area contributed by atoms with Crippen LogP contribution >= 0.6 is 0 Å². The molecular formula is C24H28FN5O. The molecule has 0 unspecified atom stereocenters. The number of hydrogen-bond donors (Lipinski definition) is 2. The van der Waals surface area contributed by atoms with Gasteiger partial charge >= 0.3 is 0 Å². The van der Waals surface area contributed by atoms with E-state index >= 15 is 0 Å². The summed E-state index contributed by atoms with van der Waals surface area (Å²) < 4.78 is 13.7. The molecule has 3 aromatic rings. The maximum absolute atomic E-state index is 13.7. The summed E-state index contributed by atoms with van der Waals surface area (Å²) in [5.74, 6) is 1.17. The number of hydrogen-bond acceptors (Lipinski definition) is 5. The van der Waals surface area contributed by atoms with E-state index in [0.29, 0.717) is 11.5 Å². The second-order valence-electron chi connectivity index (χ2n) is 8.28. The molecule has 1 aliphatic carbocycles. The minimum atomic E-state index is -0.289. The van der Waals surface area contributed by atoms with Gasteiger partial charge in [0, 0.05) is 43.5 Å². The lowest BCUT2D eigenvalue weighted by Gasteiger charge is -2.28. The van der Waals surface area contributed by atoms with Crippen molar-refractivity contribution in [2.75, 3.05) is 24.3 Å². The largest absolute Gasteiger partial charge is 0.362 e. The summed E-state index contributed by atoms with van der Waals surface area (Å²) in [5.41, 5.74) is 1.42. The molecule has 0 saturated heterocycles. The fourth-order valence-corrected chi connectivity index (χ4v) is 4.12. The topological polar surface area (TPSA) is 70.2 Å². The van der Waals surface area contributed by atoms with Crippen molar-refractivity contribution < 1.29 is 9.18 Å². The Bertz CT molecular complexity index is 1060. The van der Waals surface area contributed by atoms with E-state index in [1.54, 1.807) is 18.2 Å². The van der Waals surface area contributed by atoms with Crippen LogP contribution < -0.4 is 15.5 Å². The van der Waals surface area contributed by atoms with Crippen LogP contribution in [0.2, 0.25) is 0 Å². The Morgan fingerprint density at radius 2 is 1.74 bits per heavy atom. The van der Waals surface area contributed by atoms with Gasteiger partial charge < -0.3 is 15.5 Å². The Kier molecular flexibility index (Phi) is 6.30. The lowest BCUT2D eigenvalue weighted by atomic mass is 9.85. The Morgan fingerprint density at radius 1 is 1.03 bits per heavy atom.